The first kappa shape index (κ1) is 46.1. The molecule has 1 aromatic carbocycles. The lowest BCUT2D eigenvalue weighted by atomic mass is 9.88. The molecule has 1 aromatic rings. The summed E-state index contributed by atoms with van der Waals surface area (Å²) in [6, 6.07) is 0. The van der Waals surface area contributed by atoms with Crippen LogP contribution in [0.5, 0.6) is 0 Å². The molecule has 0 saturated carbocycles. The minimum Gasteiger partial charge on any atom is -0.398 e. The third-order valence-corrected chi connectivity index (χ3v) is 10.9. The molecule has 0 heterocycles. The largest absolute Gasteiger partial charge is 0.398 e. The average Bonchev–Trinajstić information content (AvgIpc) is 3.06. The lowest BCUT2D eigenvalue weighted by Crippen LogP contribution is -2.10. The molecule has 4 N–H and O–H groups in total. The van der Waals surface area contributed by atoms with Gasteiger partial charge in [0.05, 0.1) is 0 Å². The first-order chi connectivity index (χ1) is 22.5. The molecule has 3 heteroatoms. The first-order valence-electron chi connectivity index (χ1n) is 21.2. The monoisotopic (exact) mass is 677 g/mol. The van der Waals surface area contributed by atoms with Crippen LogP contribution < -0.4 is 11.5 Å². The molecule has 0 spiro atoms. The molecule has 0 saturated heterocycles. The lowest BCUT2D eigenvalue weighted by Gasteiger charge is -2.20. The van der Waals surface area contributed by atoms with Crippen LogP contribution in [-0.2, 0) is 12.8 Å². The van der Waals surface area contributed by atoms with Crippen molar-refractivity contribution in [3.8, 4) is 0 Å². The van der Waals surface area contributed by atoms with Crippen LogP contribution in [0, 0.1) is 13.8 Å². The van der Waals surface area contributed by atoms with Crippen molar-refractivity contribution in [3.63, 3.8) is 0 Å². The summed E-state index contributed by atoms with van der Waals surface area (Å²) in [6.45, 7) is 8.93. The zero-order valence-corrected chi connectivity index (χ0v) is 33.4. The predicted octanol–water partition coefficient (Wildman–Crippen LogP) is 15.5. The Balaban J connectivity index is 0.0000212. The van der Waals surface area contributed by atoms with Crippen LogP contribution in [0.15, 0.2) is 0 Å². The van der Waals surface area contributed by atoms with Crippen LogP contribution in [0.25, 0.3) is 0 Å². The minimum atomic E-state index is 0. The summed E-state index contributed by atoms with van der Waals surface area (Å²) >= 11 is 0. The summed E-state index contributed by atoms with van der Waals surface area (Å²) in [5.74, 6) is 0. The number of nitrogen functional groups attached to an aromatic ring is 2. The molecule has 47 heavy (non-hydrogen) atoms. The summed E-state index contributed by atoms with van der Waals surface area (Å²) in [7, 11) is 0. The molecule has 278 valence electrons. The van der Waals surface area contributed by atoms with Crippen molar-refractivity contribution in [3.05, 3.63) is 22.3 Å². The Hall–Kier alpha value is -0.890. The Morgan fingerprint density at radius 2 is 0.468 bits per heavy atom. The van der Waals surface area contributed by atoms with E-state index in [2.05, 4.69) is 27.7 Å². The van der Waals surface area contributed by atoms with E-state index in [1.54, 1.807) is 0 Å². The Morgan fingerprint density at radius 3 is 0.660 bits per heavy atom. The van der Waals surface area contributed by atoms with Gasteiger partial charge in [-0.05, 0) is 61.8 Å². The molecule has 0 radical (unpaired) electrons. The highest BCUT2D eigenvalue weighted by Gasteiger charge is 2.16. The molecular weight excluding hydrogens is 592 g/mol. The van der Waals surface area contributed by atoms with Crippen molar-refractivity contribution >= 4 is 23.8 Å². The van der Waals surface area contributed by atoms with Gasteiger partial charge in [-0.15, -0.1) is 12.4 Å². The Morgan fingerprint density at radius 1 is 0.298 bits per heavy atom. The van der Waals surface area contributed by atoms with E-state index in [9.17, 15) is 0 Å². The van der Waals surface area contributed by atoms with E-state index in [1.165, 1.54) is 228 Å². The van der Waals surface area contributed by atoms with Gasteiger partial charge in [-0.2, -0.15) is 0 Å². The van der Waals surface area contributed by atoms with Crippen LogP contribution in [0.1, 0.15) is 242 Å². The second-order valence-electron chi connectivity index (χ2n) is 15.1. The molecule has 0 aliphatic carbocycles. The molecule has 2 nitrogen and oxygen atoms in total. The molecular formula is C44H85ClN2. The van der Waals surface area contributed by atoms with Crippen LogP contribution in [-0.4, -0.2) is 0 Å². The number of benzene rings is 1. The van der Waals surface area contributed by atoms with Crippen LogP contribution in [0.3, 0.4) is 0 Å². The summed E-state index contributed by atoms with van der Waals surface area (Å²) in [5, 5.41) is 0. The smallest absolute Gasteiger partial charge is 0.0383 e. The Kier molecular flexibility index (Phi) is 33.0. The highest BCUT2D eigenvalue weighted by molar-refractivity contribution is 5.85. The molecule has 0 unspecified atom stereocenters. The molecule has 1 rings (SSSR count). The van der Waals surface area contributed by atoms with Gasteiger partial charge in [0.15, 0.2) is 0 Å². The second-order valence-corrected chi connectivity index (χ2v) is 15.1. The summed E-state index contributed by atoms with van der Waals surface area (Å²) in [6.07, 6.45) is 47.4. The zero-order chi connectivity index (χ0) is 33.5. The van der Waals surface area contributed by atoms with E-state index >= 15 is 0 Å². The fourth-order valence-electron chi connectivity index (χ4n) is 7.45. The number of rotatable bonds is 34. The summed E-state index contributed by atoms with van der Waals surface area (Å²) < 4.78 is 0. The molecule has 0 aliphatic rings. The molecule has 0 fully saturated rings. The number of nitrogens with two attached hydrogens (primary N) is 2. The van der Waals surface area contributed by atoms with Gasteiger partial charge in [0.2, 0.25) is 0 Å². The normalized spacial score (nSPS) is 11.3. The van der Waals surface area contributed by atoms with Gasteiger partial charge in [-0.25, -0.2) is 0 Å². The number of hydrogen-bond donors (Lipinski definition) is 2. The van der Waals surface area contributed by atoms with E-state index < -0.39 is 0 Å². The van der Waals surface area contributed by atoms with E-state index in [1.807, 2.05) is 0 Å². The van der Waals surface area contributed by atoms with Gasteiger partial charge in [-0.3, -0.25) is 0 Å². The number of anilines is 2. The van der Waals surface area contributed by atoms with Gasteiger partial charge in [0, 0.05) is 11.4 Å². The first-order valence-corrected chi connectivity index (χ1v) is 21.2. The van der Waals surface area contributed by atoms with Gasteiger partial charge >= 0.3 is 0 Å². The van der Waals surface area contributed by atoms with E-state index in [4.69, 9.17) is 11.5 Å². The quantitative estimate of drug-likeness (QED) is 0.0563. The maximum Gasteiger partial charge on any atom is 0.0383 e. The zero-order valence-electron chi connectivity index (χ0n) is 32.6. The average molecular weight is 678 g/mol. The molecule has 0 amide bonds. The second kappa shape index (κ2) is 33.6. The molecule has 0 atom stereocenters. The fourth-order valence-corrected chi connectivity index (χ4v) is 7.45. The molecule has 0 aliphatic heterocycles. The van der Waals surface area contributed by atoms with Crippen molar-refractivity contribution < 1.29 is 0 Å². The maximum absolute atomic E-state index is 6.73. The molecule has 0 aromatic heterocycles. The van der Waals surface area contributed by atoms with E-state index in [-0.39, 0.29) is 12.4 Å². The summed E-state index contributed by atoms with van der Waals surface area (Å²) in [4.78, 5) is 0. The van der Waals surface area contributed by atoms with Crippen molar-refractivity contribution in [1.29, 1.82) is 0 Å². The Labute approximate surface area is 302 Å². The highest BCUT2D eigenvalue weighted by Crippen LogP contribution is 2.34. The van der Waals surface area contributed by atoms with E-state index in [0.29, 0.717) is 0 Å². The number of hydrogen-bond acceptors (Lipinski definition) is 2. The van der Waals surface area contributed by atoms with Gasteiger partial charge < -0.3 is 11.5 Å². The van der Waals surface area contributed by atoms with Crippen LogP contribution >= 0.6 is 12.4 Å². The maximum atomic E-state index is 6.73. The lowest BCUT2D eigenvalue weighted by molar-refractivity contribution is 0.528. The summed E-state index contributed by atoms with van der Waals surface area (Å²) in [5.41, 5.74) is 20.7. The number of halogens is 1. The standard InChI is InChI=1S/C44H84N2.ClH/c1-5-7-9-11-13-15-17-19-21-23-25-27-29-31-33-35-37-41-42(44(46)40(4)39(3)43(41)45)38-36-34-32-30-28-26-24-22-20-18-16-14-12-10-8-6-2;/h5-38,45-46H2,1-4H3;1H. The third-order valence-electron chi connectivity index (χ3n) is 10.9. The van der Waals surface area contributed by atoms with E-state index in [0.717, 1.165) is 24.2 Å². The van der Waals surface area contributed by atoms with Crippen LogP contribution in [0.4, 0.5) is 11.4 Å². The van der Waals surface area contributed by atoms with Gasteiger partial charge in [0.1, 0.15) is 0 Å². The highest BCUT2D eigenvalue weighted by atomic mass is 35.5. The minimum absolute atomic E-state index is 0. The fraction of sp³-hybridized carbons (Fsp3) is 0.864. The van der Waals surface area contributed by atoms with Gasteiger partial charge in [-0.1, -0.05) is 206 Å². The van der Waals surface area contributed by atoms with Crippen molar-refractivity contribution in [2.24, 2.45) is 0 Å². The molecule has 0 bridgehead atoms. The van der Waals surface area contributed by atoms with Crippen LogP contribution in [0.2, 0.25) is 0 Å². The predicted molar refractivity (Wildman–Crippen MR) is 218 cm³/mol. The van der Waals surface area contributed by atoms with Crippen molar-refractivity contribution in [1.82, 2.24) is 0 Å². The van der Waals surface area contributed by atoms with Crippen molar-refractivity contribution in [2.75, 3.05) is 11.5 Å². The Bertz CT molecular complexity index is 753. The van der Waals surface area contributed by atoms with Gasteiger partial charge in [0.25, 0.3) is 0 Å². The van der Waals surface area contributed by atoms with Crippen molar-refractivity contribution in [2.45, 2.75) is 246 Å². The SMILES string of the molecule is CCCCCCCCCCCCCCCCCCc1c(N)c(C)c(C)c(N)c1CCCCCCCCCCCCCCCCCC.Cl. The number of unbranched alkanes of at least 4 members (excludes halogenated alkanes) is 30. The third kappa shape index (κ3) is 24.0. The topological polar surface area (TPSA) is 52.0 Å².